The molecule has 0 aromatic heterocycles. The summed E-state index contributed by atoms with van der Waals surface area (Å²) in [7, 11) is 1.73. The van der Waals surface area contributed by atoms with E-state index in [0.717, 1.165) is 31.9 Å². The first-order valence-corrected chi connectivity index (χ1v) is 7.28. The number of nitrogens with one attached hydrogen (secondary N) is 1. The quantitative estimate of drug-likeness (QED) is 0.909. The monoisotopic (exact) mass is 274 g/mol. The van der Waals surface area contributed by atoms with Crippen molar-refractivity contribution in [3.8, 4) is 5.75 Å². The highest BCUT2D eigenvalue weighted by Crippen LogP contribution is 2.31. The number of hydrogen-bond donors (Lipinski definition) is 1. The number of methoxy groups -OCH3 is 1. The van der Waals surface area contributed by atoms with Crippen LogP contribution in [-0.4, -0.2) is 37.6 Å². The highest BCUT2D eigenvalue weighted by Gasteiger charge is 2.37. The van der Waals surface area contributed by atoms with Crippen LogP contribution in [0.15, 0.2) is 18.2 Å². The van der Waals surface area contributed by atoms with Gasteiger partial charge in [-0.05, 0) is 30.4 Å². The number of rotatable bonds is 3. The van der Waals surface area contributed by atoms with Crippen LogP contribution >= 0.6 is 0 Å². The maximum absolute atomic E-state index is 11.5. The molecule has 1 aromatic carbocycles. The molecule has 2 atom stereocenters. The average molecular weight is 274 g/mol. The molecule has 0 radical (unpaired) electrons. The van der Waals surface area contributed by atoms with Crippen molar-refractivity contribution in [3.05, 3.63) is 29.3 Å². The number of aryl methyl sites for hydroxylation is 1. The molecule has 20 heavy (non-hydrogen) atoms. The summed E-state index contributed by atoms with van der Waals surface area (Å²) in [4.78, 5) is 13.9. The van der Waals surface area contributed by atoms with E-state index in [1.165, 1.54) is 11.1 Å². The third-order valence-corrected chi connectivity index (χ3v) is 4.50. The summed E-state index contributed by atoms with van der Waals surface area (Å²) in [6.07, 6.45) is 0.687. The van der Waals surface area contributed by atoms with Crippen LogP contribution in [0.2, 0.25) is 0 Å². The predicted molar refractivity (Wildman–Crippen MR) is 77.6 cm³/mol. The third-order valence-electron chi connectivity index (χ3n) is 4.50. The van der Waals surface area contributed by atoms with E-state index in [-0.39, 0.29) is 5.91 Å². The number of nitrogens with zero attached hydrogens (tertiary/aromatic N) is 1. The first-order chi connectivity index (χ1) is 9.65. The lowest BCUT2D eigenvalue weighted by Crippen LogP contribution is -2.39. The van der Waals surface area contributed by atoms with Gasteiger partial charge < -0.3 is 10.1 Å². The van der Waals surface area contributed by atoms with Gasteiger partial charge in [-0.25, -0.2) is 0 Å². The Labute approximate surface area is 120 Å². The molecular weight excluding hydrogens is 252 g/mol. The molecule has 1 N–H and O–H groups in total. The molecule has 1 amide bonds. The molecule has 2 aliphatic heterocycles. The number of carbonyl (C=O) groups excluding carboxylic acids is 1. The Balaban J connectivity index is 1.69. The summed E-state index contributed by atoms with van der Waals surface area (Å²) in [5.41, 5.74) is 2.45. The van der Waals surface area contributed by atoms with Gasteiger partial charge >= 0.3 is 0 Å². The van der Waals surface area contributed by atoms with E-state index in [9.17, 15) is 4.79 Å². The Bertz CT molecular complexity index is 515. The predicted octanol–water partition coefficient (Wildman–Crippen LogP) is 1.57. The Hall–Kier alpha value is -1.55. The second kappa shape index (κ2) is 5.44. The summed E-state index contributed by atoms with van der Waals surface area (Å²) in [5, 5.41) is 2.98. The number of carbonyl (C=O) groups is 1. The van der Waals surface area contributed by atoms with Gasteiger partial charge in [0.15, 0.2) is 0 Å². The van der Waals surface area contributed by atoms with Crippen LogP contribution in [0, 0.1) is 18.8 Å². The summed E-state index contributed by atoms with van der Waals surface area (Å²) in [5.74, 6) is 2.32. The molecule has 2 heterocycles. The summed E-state index contributed by atoms with van der Waals surface area (Å²) < 4.78 is 5.48. The fourth-order valence-corrected chi connectivity index (χ4v) is 3.41. The van der Waals surface area contributed by atoms with E-state index < -0.39 is 0 Å². The number of hydrogen-bond acceptors (Lipinski definition) is 3. The van der Waals surface area contributed by atoms with Gasteiger partial charge in [-0.1, -0.05) is 12.1 Å². The van der Waals surface area contributed by atoms with Gasteiger partial charge in [0.25, 0.3) is 0 Å². The Kier molecular flexibility index (Phi) is 3.66. The Morgan fingerprint density at radius 3 is 2.95 bits per heavy atom. The van der Waals surface area contributed by atoms with Crippen molar-refractivity contribution in [2.45, 2.75) is 19.9 Å². The Morgan fingerprint density at radius 1 is 1.35 bits per heavy atom. The molecule has 0 unspecified atom stereocenters. The number of fused-ring (bicyclic) bond motifs is 1. The van der Waals surface area contributed by atoms with Crippen LogP contribution in [0.5, 0.6) is 5.75 Å². The minimum absolute atomic E-state index is 0.209. The zero-order chi connectivity index (χ0) is 14.1. The van der Waals surface area contributed by atoms with Crippen molar-refractivity contribution >= 4 is 5.91 Å². The number of benzene rings is 1. The maximum atomic E-state index is 11.5. The van der Waals surface area contributed by atoms with Crippen molar-refractivity contribution in [2.24, 2.45) is 11.8 Å². The molecule has 2 fully saturated rings. The zero-order valence-corrected chi connectivity index (χ0v) is 12.2. The number of piperidine rings is 1. The summed E-state index contributed by atoms with van der Waals surface area (Å²) in [6.45, 7) is 5.92. The lowest BCUT2D eigenvalue weighted by atomic mass is 9.89. The number of likely N-dealkylation sites (tertiary alicyclic amines) is 1. The molecule has 1 aromatic rings. The molecule has 0 bridgehead atoms. The maximum Gasteiger partial charge on any atom is 0.220 e. The number of ether oxygens (including phenoxy) is 1. The van der Waals surface area contributed by atoms with Gasteiger partial charge in [-0.15, -0.1) is 0 Å². The second-order valence-corrected chi connectivity index (χ2v) is 6.04. The highest BCUT2D eigenvalue weighted by atomic mass is 16.5. The topological polar surface area (TPSA) is 41.6 Å². The summed E-state index contributed by atoms with van der Waals surface area (Å²) in [6, 6.07) is 6.37. The normalized spacial score (nSPS) is 26.2. The standard InChI is InChI=1S/C16H22N2O2/c1-11-3-4-12(15(5-11)20-2)8-18-9-13-6-16(19)17-7-14(13)10-18/h3-5,13-14H,6-10H2,1-2H3,(H,17,19)/t13-,14+/m1/s1. The van der Waals surface area contributed by atoms with Crippen LogP contribution < -0.4 is 10.1 Å². The average Bonchev–Trinajstić information content (AvgIpc) is 2.82. The van der Waals surface area contributed by atoms with E-state index in [4.69, 9.17) is 4.74 Å². The van der Waals surface area contributed by atoms with Crippen LogP contribution in [-0.2, 0) is 11.3 Å². The molecule has 2 saturated heterocycles. The van der Waals surface area contributed by atoms with Crippen molar-refractivity contribution in [1.29, 1.82) is 0 Å². The largest absolute Gasteiger partial charge is 0.496 e. The van der Waals surface area contributed by atoms with Crippen LogP contribution in [0.1, 0.15) is 17.5 Å². The fourth-order valence-electron chi connectivity index (χ4n) is 3.41. The highest BCUT2D eigenvalue weighted by molar-refractivity contribution is 5.77. The zero-order valence-electron chi connectivity index (χ0n) is 12.2. The minimum Gasteiger partial charge on any atom is -0.496 e. The van der Waals surface area contributed by atoms with Gasteiger partial charge in [0, 0.05) is 38.2 Å². The fraction of sp³-hybridized carbons (Fsp3) is 0.562. The molecule has 0 spiro atoms. The molecule has 4 heteroatoms. The van der Waals surface area contributed by atoms with E-state index in [2.05, 4.69) is 35.3 Å². The third kappa shape index (κ3) is 2.66. The van der Waals surface area contributed by atoms with Gasteiger partial charge in [0.2, 0.25) is 5.91 Å². The second-order valence-electron chi connectivity index (χ2n) is 6.04. The molecule has 4 nitrogen and oxygen atoms in total. The van der Waals surface area contributed by atoms with Gasteiger partial charge in [0.1, 0.15) is 5.75 Å². The summed E-state index contributed by atoms with van der Waals surface area (Å²) >= 11 is 0. The lowest BCUT2D eigenvalue weighted by Gasteiger charge is -2.23. The van der Waals surface area contributed by atoms with E-state index in [0.29, 0.717) is 18.3 Å². The van der Waals surface area contributed by atoms with Crippen molar-refractivity contribution in [3.63, 3.8) is 0 Å². The van der Waals surface area contributed by atoms with E-state index in [1.807, 2.05) is 0 Å². The van der Waals surface area contributed by atoms with E-state index >= 15 is 0 Å². The van der Waals surface area contributed by atoms with Crippen LogP contribution in [0.4, 0.5) is 0 Å². The van der Waals surface area contributed by atoms with Crippen LogP contribution in [0.3, 0.4) is 0 Å². The molecule has 108 valence electrons. The number of amides is 1. The van der Waals surface area contributed by atoms with Gasteiger partial charge in [0.05, 0.1) is 7.11 Å². The van der Waals surface area contributed by atoms with Gasteiger partial charge in [-0.3, -0.25) is 9.69 Å². The van der Waals surface area contributed by atoms with Gasteiger partial charge in [-0.2, -0.15) is 0 Å². The molecular formula is C16H22N2O2. The van der Waals surface area contributed by atoms with Crippen molar-refractivity contribution in [1.82, 2.24) is 10.2 Å². The smallest absolute Gasteiger partial charge is 0.220 e. The lowest BCUT2D eigenvalue weighted by molar-refractivity contribution is -0.124. The van der Waals surface area contributed by atoms with Crippen LogP contribution in [0.25, 0.3) is 0 Å². The molecule has 0 aliphatic carbocycles. The molecule has 0 saturated carbocycles. The van der Waals surface area contributed by atoms with E-state index in [1.54, 1.807) is 7.11 Å². The van der Waals surface area contributed by atoms with Crippen molar-refractivity contribution in [2.75, 3.05) is 26.7 Å². The SMILES string of the molecule is COc1cc(C)ccc1CN1C[C@H]2CC(=O)NC[C@H]2C1. The van der Waals surface area contributed by atoms with Crippen molar-refractivity contribution < 1.29 is 9.53 Å². The first kappa shape index (κ1) is 13.4. The molecule has 3 rings (SSSR count). The minimum atomic E-state index is 0.209. The Morgan fingerprint density at radius 2 is 2.15 bits per heavy atom. The molecule has 2 aliphatic rings. The first-order valence-electron chi connectivity index (χ1n) is 7.28.